The number of hydrogen-bond acceptors (Lipinski definition) is 38. The summed E-state index contributed by atoms with van der Waals surface area (Å²) in [5, 5.41) is 226. The van der Waals surface area contributed by atoms with E-state index in [0.717, 1.165) is 0 Å². The minimum absolute atomic E-state index is 0.190. The van der Waals surface area contributed by atoms with Crippen LogP contribution < -0.4 is 4.90 Å². The van der Waals surface area contributed by atoms with Crippen LogP contribution in [0.1, 0.15) is 0 Å². The van der Waals surface area contributed by atoms with Crippen LogP contribution in [0.2, 0.25) is 0 Å². The van der Waals surface area contributed by atoms with Crippen LogP contribution in [0.15, 0.2) is 41.3 Å². The standard InChI is InChI=1S/C54H81NO37S/c1-55(2)18-7-3-6-17-16(18)5-4-8-26(17)93(76,77)78-15-25-47-33(68)40(75)54(85-25)91-46-24(14-61)83-52(38(73)31(46)66)89-44-22(12-59)81-50(36(71)29(44)64)87-42-20(10-57)79-48(34(69)27(42)62)86-41-19(9-56)80-49(35(70)28(41)63)88-43-21(11-58)82-51(37(72)30(43)65)90-45-23(13-60)84-53(92-47)39(74)32(45)67/h3-8,19-25,27-54,56-75H,9-15H2,1-2H3/t19-,20-,21-,22-,23-,24-,25-,27-,28-,29-,30-,31-,32-,33-,34-,35-,36-,37-,38-,39-,40-,41-,42-,43-,44-,45-,46-,47-,48-,49-,50-,51-,52-,53-,54-/m1/s1. The van der Waals surface area contributed by atoms with Crippen LogP contribution in [0.5, 0.6) is 0 Å². The third kappa shape index (κ3) is 14.3. The highest BCUT2D eigenvalue weighted by Gasteiger charge is 2.60. The molecule has 93 heavy (non-hydrogen) atoms. The first-order chi connectivity index (χ1) is 44.2. The first-order valence-electron chi connectivity index (χ1n) is 29.7. The molecule has 38 nitrogen and oxygen atoms in total. The fraction of sp³-hybridized carbons (Fsp3) is 0.815. The molecule has 0 unspecified atom stereocenters. The maximum atomic E-state index is 14.3. The van der Waals surface area contributed by atoms with Crippen molar-refractivity contribution < 1.29 is 181 Å². The number of anilines is 1. The Morgan fingerprint density at radius 3 is 0.796 bits per heavy atom. The Hall–Kier alpha value is -2.95. The molecule has 39 heteroatoms. The van der Waals surface area contributed by atoms with Gasteiger partial charge in [0.25, 0.3) is 10.1 Å². The van der Waals surface area contributed by atoms with Gasteiger partial charge in [-0.15, -0.1) is 0 Å². The lowest BCUT2D eigenvalue weighted by Crippen LogP contribution is -2.68. The first kappa shape index (κ1) is 72.8. The molecule has 0 aromatic heterocycles. The summed E-state index contributed by atoms with van der Waals surface area (Å²) in [6.07, 6.45) is -73.4. The van der Waals surface area contributed by atoms with E-state index in [2.05, 4.69) is 0 Å². The second kappa shape index (κ2) is 30.3. The van der Waals surface area contributed by atoms with E-state index < -0.39 is 271 Å². The van der Waals surface area contributed by atoms with E-state index in [1.54, 1.807) is 37.2 Å². The molecule has 0 radical (unpaired) electrons. The number of rotatable bonds is 11. The summed E-state index contributed by atoms with van der Waals surface area (Å²) >= 11 is 0. The van der Waals surface area contributed by atoms with Crippen molar-refractivity contribution in [2.75, 3.05) is 65.2 Å². The normalized spacial score (nSPS) is 48.0. The van der Waals surface area contributed by atoms with Gasteiger partial charge < -0.3 is 173 Å². The topological polar surface area (TPSA) is 580 Å². The maximum Gasteiger partial charge on any atom is 0.297 e. The van der Waals surface area contributed by atoms with Crippen LogP contribution in [0.3, 0.4) is 0 Å². The van der Waals surface area contributed by atoms with Gasteiger partial charge in [-0.25, -0.2) is 0 Å². The average molecular weight is 1370 g/mol. The van der Waals surface area contributed by atoms with Crippen molar-refractivity contribution in [2.45, 2.75) is 220 Å². The van der Waals surface area contributed by atoms with E-state index in [9.17, 15) is 111 Å². The Morgan fingerprint density at radius 2 is 0.548 bits per heavy atom. The Kier molecular flexibility index (Phi) is 23.7. The molecule has 0 saturated carbocycles. The molecule has 0 spiro atoms. The number of aliphatic hydroxyl groups excluding tert-OH is 20. The van der Waals surface area contributed by atoms with Crippen LogP contribution in [0, 0.1) is 0 Å². The lowest BCUT2D eigenvalue weighted by molar-refractivity contribution is -0.396. The van der Waals surface area contributed by atoms with Crippen LogP contribution >= 0.6 is 0 Å². The van der Waals surface area contributed by atoms with Gasteiger partial charge in [0.2, 0.25) is 0 Å². The largest absolute Gasteiger partial charge is 0.394 e. The second-order valence-corrected chi connectivity index (χ2v) is 25.3. The van der Waals surface area contributed by atoms with Crippen LogP contribution in [-0.4, -0.2) is 386 Å². The highest BCUT2D eigenvalue weighted by atomic mass is 32.2. The van der Waals surface area contributed by atoms with E-state index in [4.69, 9.17) is 70.5 Å². The number of nitrogens with zero attached hydrogens (tertiary/aromatic N) is 1. The van der Waals surface area contributed by atoms with Gasteiger partial charge in [-0.3, -0.25) is 4.18 Å². The van der Waals surface area contributed by atoms with E-state index in [1.165, 1.54) is 18.2 Å². The predicted octanol–water partition coefficient (Wildman–Crippen LogP) is -12.6. The van der Waals surface area contributed by atoms with Crippen molar-refractivity contribution in [1.82, 2.24) is 0 Å². The van der Waals surface area contributed by atoms with Crippen molar-refractivity contribution in [3.8, 4) is 0 Å². The van der Waals surface area contributed by atoms with Gasteiger partial charge in [0.1, 0.15) is 176 Å². The zero-order valence-corrected chi connectivity index (χ0v) is 50.2. The average Bonchev–Trinajstić information content (AvgIpc) is 0.795. The molecule has 530 valence electrons. The van der Waals surface area contributed by atoms with Crippen LogP contribution in [-0.2, 0) is 80.6 Å². The molecule has 20 N–H and O–H groups in total. The number of benzene rings is 2. The van der Waals surface area contributed by atoms with Crippen molar-refractivity contribution in [3.05, 3.63) is 36.4 Å². The summed E-state index contributed by atoms with van der Waals surface area (Å²) in [5.41, 5.74) is 0.611. The molecular weight excluding hydrogens is 1290 g/mol. The number of ether oxygens (including phenoxy) is 14. The molecule has 2 aromatic rings. The maximum absolute atomic E-state index is 14.3. The minimum Gasteiger partial charge on any atom is -0.394 e. The zero-order chi connectivity index (χ0) is 67.4. The molecule has 21 heterocycles. The molecule has 21 fully saturated rings. The van der Waals surface area contributed by atoms with Crippen molar-refractivity contribution in [1.29, 1.82) is 0 Å². The fourth-order valence-electron chi connectivity index (χ4n) is 12.5. The second-order valence-electron chi connectivity index (χ2n) is 23.7. The van der Waals surface area contributed by atoms with E-state index >= 15 is 0 Å². The van der Waals surface area contributed by atoms with Gasteiger partial charge in [0.15, 0.2) is 44.0 Å². The molecular formula is C54H81NO37S. The molecule has 14 bridgehead atoms. The lowest BCUT2D eigenvalue weighted by Gasteiger charge is -2.50. The lowest BCUT2D eigenvalue weighted by atomic mass is 9.95. The molecule has 21 aliphatic heterocycles. The molecule has 23 rings (SSSR count). The van der Waals surface area contributed by atoms with E-state index in [-0.39, 0.29) is 10.3 Å². The Labute approximate surface area is 527 Å². The monoisotopic (exact) mass is 1370 g/mol. The molecule has 0 amide bonds. The van der Waals surface area contributed by atoms with Crippen molar-refractivity contribution >= 4 is 26.6 Å². The van der Waals surface area contributed by atoms with Gasteiger partial charge in [-0.2, -0.15) is 8.42 Å². The van der Waals surface area contributed by atoms with Crippen molar-refractivity contribution in [2.24, 2.45) is 0 Å². The van der Waals surface area contributed by atoms with Gasteiger partial charge in [0, 0.05) is 30.6 Å². The smallest absolute Gasteiger partial charge is 0.297 e. The van der Waals surface area contributed by atoms with E-state index in [1.807, 2.05) is 0 Å². The minimum atomic E-state index is -4.89. The number of hydrogen-bond donors (Lipinski definition) is 20. The molecule has 35 atom stereocenters. The van der Waals surface area contributed by atoms with Crippen molar-refractivity contribution in [3.63, 3.8) is 0 Å². The number of aliphatic hydroxyl groups is 20. The summed E-state index contributed by atoms with van der Waals surface area (Å²) in [7, 11) is -1.45. The molecule has 0 aliphatic carbocycles. The summed E-state index contributed by atoms with van der Waals surface area (Å²) in [4.78, 5) is 1.36. The van der Waals surface area contributed by atoms with Gasteiger partial charge in [-0.05, 0) is 12.1 Å². The fourth-order valence-corrected chi connectivity index (χ4v) is 13.6. The summed E-state index contributed by atoms with van der Waals surface area (Å²) in [6, 6.07) is 9.12. The van der Waals surface area contributed by atoms with Crippen LogP contribution in [0.25, 0.3) is 10.8 Å². The Bertz CT molecular complexity index is 2840. The Balaban J connectivity index is 0.966. The SMILES string of the molecule is CN(C)c1cccc2c(S(=O)(=O)OC[C@H]3O[C@@H]4O[C@H]5[C@H](O)[C@@H](O)[C@@H](O[C@H]6[C@H](O)[C@@H](O)[C@@H](O[C@H]7[C@H](O)[C@@H](O)[C@@H](O[C@H]8[C@H](O)[C@@H](O)[C@@H](O[C@H]9[C@H](O)[C@@H](O)[C@@H](O[C@H]%10[C@H](O)[C@@H](O)[C@@H](O[C@H]3[C@H](O)[C@H]4O)O[C@@H]%10CO)O[C@@H]9CO)O[C@@H]8CO)O[C@@H]7CO)O[C@@H]6CO)O[C@@H]5CO)cccc12. The summed E-state index contributed by atoms with van der Waals surface area (Å²) in [6.45, 7) is -7.74. The molecule has 21 aliphatic rings. The van der Waals surface area contributed by atoms with Gasteiger partial charge >= 0.3 is 0 Å². The third-order valence-corrected chi connectivity index (χ3v) is 18.9. The number of fused-ring (bicyclic) bond motifs is 1. The summed E-state index contributed by atoms with van der Waals surface area (Å²) in [5.74, 6) is 0. The van der Waals surface area contributed by atoms with Crippen LogP contribution in [0.4, 0.5) is 5.69 Å². The zero-order valence-electron chi connectivity index (χ0n) is 49.4. The van der Waals surface area contributed by atoms with E-state index in [0.29, 0.717) is 11.1 Å². The quantitative estimate of drug-likeness (QED) is 0.0929. The molecule has 2 aromatic carbocycles. The Morgan fingerprint density at radius 1 is 0.323 bits per heavy atom. The van der Waals surface area contributed by atoms with Gasteiger partial charge in [-0.1, -0.05) is 24.3 Å². The summed E-state index contributed by atoms with van der Waals surface area (Å²) < 4.78 is 115. The third-order valence-electron chi connectivity index (χ3n) is 17.6. The highest BCUT2D eigenvalue weighted by molar-refractivity contribution is 7.87. The molecule has 21 saturated heterocycles. The highest BCUT2D eigenvalue weighted by Crippen LogP contribution is 2.40. The predicted molar refractivity (Wildman–Crippen MR) is 293 cm³/mol. The van der Waals surface area contributed by atoms with Gasteiger partial charge in [0.05, 0.1) is 46.2 Å². The first-order valence-corrected chi connectivity index (χ1v) is 31.1.